The highest BCUT2D eigenvalue weighted by molar-refractivity contribution is 7.47. The Morgan fingerprint density at radius 3 is 2.85 bits per heavy atom. The monoisotopic (exact) mass is 485 g/mol. The second-order valence-corrected chi connectivity index (χ2v) is 9.05. The maximum absolute atomic E-state index is 12.5. The first-order valence-electron chi connectivity index (χ1n) is 10.5. The Labute approximate surface area is 187 Å². The van der Waals surface area contributed by atoms with Crippen LogP contribution in [0, 0.1) is 0 Å². The van der Waals surface area contributed by atoms with Crippen molar-refractivity contribution in [1.29, 1.82) is 0 Å². The van der Waals surface area contributed by atoms with Gasteiger partial charge < -0.3 is 14.4 Å². The van der Waals surface area contributed by atoms with Gasteiger partial charge >= 0.3 is 13.8 Å². The van der Waals surface area contributed by atoms with Crippen LogP contribution in [-0.4, -0.2) is 61.2 Å². The van der Waals surface area contributed by atoms with Crippen molar-refractivity contribution in [2.45, 2.75) is 64.1 Å². The van der Waals surface area contributed by atoms with E-state index in [1.165, 1.54) is 10.9 Å². The van der Waals surface area contributed by atoms with Crippen molar-refractivity contribution in [2.75, 3.05) is 11.9 Å². The molecule has 0 saturated carbocycles. The molecule has 15 heteroatoms. The maximum Gasteiger partial charge on any atom is 0.472 e. The van der Waals surface area contributed by atoms with Gasteiger partial charge in [0.05, 0.1) is 12.9 Å². The molecule has 0 aliphatic carbocycles. The lowest BCUT2D eigenvalue weighted by molar-refractivity contribution is -0.158. The van der Waals surface area contributed by atoms with E-state index in [2.05, 4.69) is 20.3 Å². The smallest absolute Gasteiger partial charge is 0.455 e. The van der Waals surface area contributed by atoms with E-state index >= 15 is 0 Å². The van der Waals surface area contributed by atoms with Gasteiger partial charge in [-0.25, -0.2) is 9.55 Å². The molecule has 2 saturated heterocycles. The fraction of sp³-hybridized carbons (Fsp3) is 0.611. The predicted molar refractivity (Wildman–Crippen MR) is 111 cm³/mol. The number of aromatic amines is 1. The summed E-state index contributed by atoms with van der Waals surface area (Å²) in [5.41, 5.74) is -0.579. The fourth-order valence-electron chi connectivity index (χ4n) is 3.68. The fourth-order valence-corrected chi connectivity index (χ4v) is 4.64. The minimum Gasteiger partial charge on any atom is -0.455 e. The largest absolute Gasteiger partial charge is 0.472 e. The van der Waals surface area contributed by atoms with Crippen LogP contribution in [0.4, 0.5) is 5.95 Å². The van der Waals surface area contributed by atoms with E-state index in [-0.39, 0.29) is 42.5 Å². The highest BCUT2D eigenvalue weighted by Crippen LogP contribution is 2.53. The summed E-state index contributed by atoms with van der Waals surface area (Å²) in [6, 6.07) is 0. The zero-order valence-corrected chi connectivity index (χ0v) is 18.8. The predicted octanol–water partition coefficient (Wildman–Crippen LogP) is 0.983. The highest BCUT2D eigenvalue weighted by Gasteiger charge is 2.55. The van der Waals surface area contributed by atoms with Crippen LogP contribution in [0.3, 0.4) is 0 Å². The lowest BCUT2D eigenvalue weighted by Gasteiger charge is -2.29. The van der Waals surface area contributed by atoms with E-state index in [4.69, 9.17) is 18.5 Å². The molecule has 14 nitrogen and oxygen atoms in total. The Bertz CT molecular complexity index is 1160. The van der Waals surface area contributed by atoms with E-state index in [0.29, 0.717) is 12.8 Å². The molecule has 2 fully saturated rings. The number of phosphoric ester groups is 1. The molecule has 2 unspecified atom stereocenters. The summed E-state index contributed by atoms with van der Waals surface area (Å²) in [5.74, 6) is -0.964. The number of carbonyl (C=O) groups excluding carboxylic acids is 2. The normalized spacial score (nSPS) is 29.1. The van der Waals surface area contributed by atoms with E-state index < -0.39 is 43.9 Å². The Balaban J connectivity index is 1.72. The van der Waals surface area contributed by atoms with Crippen LogP contribution in [0.15, 0.2) is 11.1 Å². The average molecular weight is 485 g/mol. The van der Waals surface area contributed by atoms with Crippen molar-refractivity contribution in [3.63, 3.8) is 0 Å². The minimum atomic E-state index is -4.36. The second-order valence-electron chi connectivity index (χ2n) is 7.64. The topological polar surface area (TPSA) is 184 Å². The van der Waals surface area contributed by atoms with Crippen LogP contribution in [0.5, 0.6) is 0 Å². The highest BCUT2D eigenvalue weighted by atomic mass is 31.2. The van der Waals surface area contributed by atoms with Gasteiger partial charge in [0.1, 0.15) is 12.2 Å². The Hall–Kier alpha value is -2.64. The van der Waals surface area contributed by atoms with Gasteiger partial charge in [0.2, 0.25) is 11.9 Å². The second kappa shape index (κ2) is 9.31. The molecule has 5 atom stereocenters. The number of nitrogens with zero attached hydrogens (tertiary/aromatic N) is 3. The Morgan fingerprint density at radius 1 is 1.36 bits per heavy atom. The van der Waals surface area contributed by atoms with Crippen molar-refractivity contribution in [3.8, 4) is 0 Å². The van der Waals surface area contributed by atoms with Gasteiger partial charge in [-0.15, -0.1) is 0 Å². The summed E-state index contributed by atoms with van der Waals surface area (Å²) in [7, 11) is -4.36. The van der Waals surface area contributed by atoms with Gasteiger partial charge in [-0.1, -0.05) is 13.8 Å². The number of ether oxygens (including phenoxy) is 2. The van der Waals surface area contributed by atoms with Crippen molar-refractivity contribution in [3.05, 3.63) is 16.7 Å². The first-order chi connectivity index (χ1) is 15.7. The van der Waals surface area contributed by atoms with Crippen molar-refractivity contribution >= 4 is 36.8 Å². The summed E-state index contributed by atoms with van der Waals surface area (Å²) in [4.78, 5) is 57.2. The SMILES string of the molecule is CCCC(=O)Nc1nc2c(ncn2C2O[C@H]3COP(=O)(O)O[C@@H]3[C@@H]2OC(=O)CCC)c(=O)[nH]1. The molecule has 0 spiro atoms. The summed E-state index contributed by atoms with van der Waals surface area (Å²) in [6.07, 6.45) is -1.39. The Kier molecular flexibility index (Phi) is 6.64. The molecule has 180 valence electrons. The molecule has 0 bridgehead atoms. The van der Waals surface area contributed by atoms with Crippen LogP contribution in [0.2, 0.25) is 0 Å². The molecule has 2 aromatic rings. The van der Waals surface area contributed by atoms with E-state index in [1.807, 2.05) is 6.92 Å². The van der Waals surface area contributed by atoms with Crippen LogP contribution in [-0.2, 0) is 32.7 Å². The number of fused-ring (bicyclic) bond motifs is 2. The standard InChI is InChI=1S/C18H24N5O9P/c1-3-5-10(24)20-18-21-15-12(16(26)22-18)19-8-23(15)17-14(31-11(25)6-4-2)13-9(30-17)7-29-33(27,28)32-13/h8-9,13-14,17H,3-7H2,1-2H3,(H,27,28)(H2,20,21,22,24,26)/t9-,13-,14-,17?/m0/s1. The number of imidazole rings is 1. The molecule has 2 aromatic heterocycles. The van der Waals surface area contributed by atoms with Gasteiger partial charge in [-0.3, -0.25) is 38.3 Å². The third-order valence-electron chi connectivity index (χ3n) is 5.11. The molecular formula is C18H24N5O9P. The number of amides is 1. The number of hydrogen-bond donors (Lipinski definition) is 3. The van der Waals surface area contributed by atoms with E-state index in [9.17, 15) is 23.8 Å². The minimum absolute atomic E-state index is 0.0365. The van der Waals surface area contributed by atoms with Crippen LogP contribution >= 0.6 is 7.82 Å². The number of esters is 1. The summed E-state index contributed by atoms with van der Waals surface area (Å²) in [6.45, 7) is 3.37. The molecule has 1 amide bonds. The lowest BCUT2D eigenvalue weighted by atomic mass is 10.1. The summed E-state index contributed by atoms with van der Waals surface area (Å²) >= 11 is 0. The number of anilines is 1. The lowest BCUT2D eigenvalue weighted by Crippen LogP contribution is -2.41. The van der Waals surface area contributed by atoms with Gasteiger partial charge in [0.25, 0.3) is 5.56 Å². The Morgan fingerprint density at radius 2 is 2.12 bits per heavy atom. The average Bonchev–Trinajstić information content (AvgIpc) is 3.29. The quantitative estimate of drug-likeness (QED) is 0.375. The number of carbonyl (C=O) groups is 2. The molecule has 4 heterocycles. The zero-order valence-electron chi connectivity index (χ0n) is 17.9. The molecular weight excluding hydrogens is 461 g/mol. The maximum atomic E-state index is 12.5. The van der Waals surface area contributed by atoms with Gasteiger partial charge in [-0.05, 0) is 12.8 Å². The third-order valence-corrected chi connectivity index (χ3v) is 6.09. The number of H-pyrrole nitrogens is 1. The molecule has 0 radical (unpaired) electrons. The number of aromatic nitrogens is 4. The third kappa shape index (κ3) is 4.84. The number of phosphoric acid groups is 1. The number of nitrogens with one attached hydrogen (secondary N) is 2. The summed E-state index contributed by atoms with van der Waals surface area (Å²) < 4.78 is 34.8. The molecule has 4 rings (SSSR count). The first-order valence-corrected chi connectivity index (χ1v) is 12.0. The van der Waals surface area contributed by atoms with E-state index in [1.54, 1.807) is 6.92 Å². The number of hydrogen-bond acceptors (Lipinski definition) is 10. The van der Waals surface area contributed by atoms with Crippen LogP contribution in [0.25, 0.3) is 11.2 Å². The van der Waals surface area contributed by atoms with Gasteiger partial charge in [0.15, 0.2) is 23.5 Å². The van der Waals surface area contributed by atoms with Crippen LogP contribution < -0.4 is 10.9 Å². The zero-order chi connectivity index (χ0) is 23.8. The molecule has 3 N–H and O–H groups in total. The molecule has 0 aromatic carbocycles. The van der Waals surface area contributed by atoms with E-state index in [0.717, 1.165) is 0 Å². The first kappa shape index (κ1) is 23.5. The molecule has 33 heavy (non-hydrogen) atoms. The number of rotatable bonds is 7. The molecule has 2 aliphatic rings. The van der Waals surface area contributed by atoms with Crippen molar-refractivity contribution < 1.29 is 37.6 Å². The summed E-state index contributed by atoms with van der Waals surface area (Å²) in [5, 5.41) is 2.52. The van der Waals surface area contributed by atoms with Crippen molar-refractivity contribution in [2.24, 2.45) is 0 Å². The van der Waals surface area contributed by atoms with Crippen molar-refractivity contribution in [1.82, 2.24) is 19.5 Å². The molecule has 2 aliphatic heterocycles. The van der Waals surface area contributed by atoms with Crippen LogP contribution in [0.1, 0.15) is 45.8 Å². The van der Waals surface area contributed by atoms with Gasteiger partial charge in [0, 0.05) is 12.8 Å². The van der Waals surface area contributed by atoms with Gasteiger partial charge in [-0.2, -0.15) is 4.98 Å².